The summed E-state index contributed by atoms with van der Waals surface area (Å²) in [7, 11) is 0. The fourth-order valence-corrected chi connectivity index (χ4v) is 2.52. The summed E-state index contributed by atoms with van der Waals surface area (Å²) in [4.78, 5) is 4.69. The smallest absolute Gasteiger partial charge is 0.123 e. The van der Waals surface area contributed by atoms with E-state index in [0.29, 0.717) is 5.56 Å². The minimum atomic E-state index is -0.290. The lowest BCUT2D eigenvalue weighted by molar-refractivity contribution is 0.105. The number of hydrogen-bond acceptors (Lipinski definition) is 3. The highest BCUT2D eigenvalue weighted by Crippen LogP contribution is 2.29. The molecule has 1 saturated heterocycles. The van der Waals surface area contributed by atoms with Gasteiger partial charge in [-0.25, -0.2) is 4.39 Å². The van der Waals surface area contributed by atoms with Crippen LogP contribution in [0, 0.1) is 5.82 Å². The van der Waals surface area contributed by atoms with Crippen LogP contribution in [0.1, 0.15) is 25.5 Å². The molecular formula is C14H21FN2O. The van der Waals surface area contributed by atoms with Crippen molar-refractivity contribution in [3.63, 3.8) is 0 Å². The first-order chi connectivity index (χ1) is 8.61. The van der Waals surface area contributed by atoms with E-state index in [9.17, 15) is 9.50 Å². The van der Waals surface area contributed by atoms with Crippen molar-refractivity contribution in [3.05, 3.63) is 29.6 Å². The molecule has 18 heavy (non-hydrogen) atoms. The van der Waals surface area contributed by atoms with Crippen LogP contribution >= 0.6 is 0 Å². The first-order valence-electron chi connectivity index (χ1n) is 6.56. The molecule has 1 N–H and O–H groups in total. The van der Waals surface area contributed by atoms with Gasteiger partial charge in [-0.05, 0) is 31.7 Å². The second-order valence-electron chi connectivity index (χ2n) is 4.85. The summed E-state index contributed by atoms with van der Waals surface area (Å²) in [5.74, 6) is -0.108. The standard InChI is InChI=1S/C14H21FN2O/c1-3-16-6-8-17(9-7-16)11(2)13-10-12(15)4-5-14(13)18/h4-5,10-11,18H,3,6-9H2,1-2H3. The van der Waals surface area contributed by atoms with E-state index >= 15 is 0 Å². The molecule has 1 fully saturated rings. The Morgan fingerprint density at radius 2 is 1.94 bits per heavy atom. The summed E-state index contributed by atoms with van der Waals surface area (Å²) in [5.41, 5.74) is 0.681. The van der Waals surface area contributed by atoms with E-state index in [0.717, 1.165) is 32.7 Å². The molecule has 0 amide bonds. The zero-order valence-electron chi connectivity index (χ0n) is 11.1. The summed E-state index contributed by atoms with van der Waals surface area (Å²) in [6.45, 7) is 9.27. The van der Waals surface area contributed by atoms with Gasteiger partial charge in [0.05, 0.1) is 0 Å². The van der Waals surface area contributed by atoms with Crippen molar-refractivity contribution < 1.29 is 9.50 Å². The van der Waals surface area contributed by atoms with E-state index in [4.69, 9.17) is 0 Å². The van der Waals surface area contributed by atoms with Crippen molar-refractivity contribution in [2.45, 2.75) is 19.9 Å². The summed E-state index contributed by atoms with van der Waals surface area (Å²) >= 11 is 0. The van der Waals surface area contributed by atoms with Gasteiger partial charge in [-0.1, -0.05) is 6.92 Å². The number of nitrogens with zero attached hydrogens (tertiary/aromatic N) is 2. The largest absolute Gasteiger partial charge is 0.508 e. The Labute approximate surface area is 108 Å². The lowest BCUT2D eigenvalue weighted by Gasteiger charge is -2.37. The number of hydrogen-bond donors (Lipinski definition) is 1. The summed E-state index contributed by atoms with van der Waals surface area (Å²) < 4.78 is 13.3. The number of phenols is 1. The molecule has 0 aromatic heterocycles. The van der Waals surface area contributed by atoms with Gasteiger partial charge >= 0.3 is 0 Å². The fraction of sp³-hybridized carbons (Fsp3) is 0.571. The van der Waals surface area contributed by atoms with Gasteiger partial charge in [-0.15, -0.1) is 0 Å². The van der Waals surface area contributed by atoms with Crippen LogP contribution in [-0.4, -0.2) is 47.6 Å². The Kier molecular flexibility index (Phi) is 4.19. The number of benzene rings is 1. The number of rotatable bonds is 3. The molecule has 0 spiro atoms. The predicted octanol–water partition coefficient (Wildman–Crippen LogP) is 2.23. The number of piperazine rings is 1. The number of likely N-dealkylation sites (N-methyl/N-ethyl adjacent to an activating group) is 1. The zero-order chi connectivity index (χ0) is 13.1. The lowest BCUT2D eigenvalue weighted by Crippen LogP contribution is -2.46. The third-order valence-corrected chi connectivity index (χ3v) is 3.84. The summed E-state index contributed by atoms with van der Waals surface area (Å²) in [5, 5.41) is 9.83. The molecular weight excluding hydrogens is 231 g/mol. The first kappa shape index (κ1) is 13.3. The first-order valence-corrected chi connectivity index (χ1v) is 6.56. The van der Waals surface area contributed by atoms with Crippen LogP contribution in [0.5, 0.6) is 5.75 Å². The zero-order valence-corrected chi connectivity index (χ0v) is 11.1. The van der Waals surface area contributed by atoms with E-state index in [-0.39, 0.29) is 17.6 Å². The SMILES string of the molecule is CCN1CCN(C(C)c2cc(F)ccc2O)CC1. The van der Waals surface area contributed by atoms with Crippen molar-refractivity contribution in [1.29, 1.82) is 0 Å². The van der Waals surface area contributed by atoms with E-state index in [1.807, 2.05) is 6.92 Å². The van der Waals surface area contributed by atoms with Gasteiger partial charge in [-0.2, -0.15) is 0 Å². The fourth-order valence-electron chi connectivity index (χ4n) is 2.52. The molecule has 1 aliphatic heterocycles. The molecule has 3 nitrogen and oxygen atoms in total. The van der Waals surface area contributed by atoms with E-state index in [2.05, 4.69) is 16.7 Å². The van der Waals surface area contributed by atoms with Gasteiger partial charge in [0, 0.05) is 37.8 Å². The van der Waals surface area contributed by atoms with Crippen LogP contribution in [0.15, 0.2) is 18.2 Å². The molecule has 1 aliphatic rings. The number of phenolic OH excluding ortho intramolecular Hbond substituents is 1. The molecule has 100 valence electrons. The van der Waals surface area contributed by atoms with Crippen LogP contribution in [0.4, 0.5) is 4.39 Å². The van der Waals surface area contributed by atoms with Crippen LogP contribution in [0.25, 0.3) is 0 Å². The molecule has 1 atom stereocenters. The maximum atomic E-state index is 13.3. The minimum absolute atomic E-state index is 0.0553. The Bertz CT molecular complexity index is 403. The van der Waals surface area contributed by atoms with Gasteiger partial charge in [0.25, 0.3) is 0 Å². The Morgan fingerprint density at radius 1 is 1.28 bits per heavy atom. The van der Waals surface area contributed by atoms with Gasteiger partial charge in [0.1, 0.15) is 11.6 Å². The quantitative estimate of drug-likeness (QED) is 0.893. The highest BCUT2D eigenvalue weighted by Gasteiger charge is 2.23. The Hall–Kier alpha value is -1.13. The molecule has 1 aromatic rings. The minimum Gasteiger partial charge on any atom is -0.508 e. The molecule has 0 radical (unpaired) electrons. The molecule has 1 unspecified atom stereocenters. The summed E-state index contributed by atoms with van der Waals surface area (Å²) in [6, 6.07) is 4.22. The lowest BCUT2D eigenvalue weighted by atomic mass is 10.0. The van der Waals surface area contributed by atoms with Gasteiger partial charge in [0.2, 0.25) is 0 Å². The monoisotopic (exact) mass is 252 g/mol. The maximum Gasteiger partial charge on any atom is 0.123 e. The average molecular weight is 252 g/mol. The molecule has 2 rings (SSSR count). The maximum absolute atomic E-state index is 13.3. The molecule has 0 saturated carbocycles. The van der Waals surface area contributed by atoms with Crippen LogP contribution in [0.3, 0.4) is 0 Å². The highest BCUT2D eigenvalue weighted by molar-refractivity contribution is 5.35. The Morgan fingerprint density at radius 3 is 2.56 bits per heavy atom. The second kappa shape index (κ2) is 5.67. The van der Waals surface area contributed by atoms with Crippen molar-refractivity contribution in [1.82, 2.24) is 9.80 Å². The van der Waals surface area contributed by atoms with Crippen LogP contribution < -0.4 is 0 Å². The van der Waals surface area contributed by atoms with Crippen LogP contribution in [0.2, 0.25) is 0 Å². The van der Waals surface area contributed by atoms with E-state index in [1.54, 1.807) is 0 Å². The van der Waals surface area contributed by atoms with Crippen molar-refractivity contribution in [2.24, 2.45) is 0 Å². The van der Waals surface area contributed by atoms with Crippen molar-refractivity contribution >= 4 is 0 Å². The molecule has 4 heteroatoms. The summed E-state index contributed by atoms with van der Waals surface area (Å²) in [6.07, 6.45) is 0. The highest BCUT2D eigenvalue weighted by atomic mass is 19.1. The van der Waals surface area contributed by atoms with Gasteiger partial charge in [-0.3, -0.25) is 4.90 Å². The van der Waals surface area contributed by atoms with Crippen molar-refractivity contribution in [3.8, 4) is 5.75 Å². The van der Waals surface area contributed by atoms with E-state index < -0.39 is 0 Å². The number of halogens is 1. The normalized spacial score (nSPS) is 19.9. The van der Waals surface area contributed by atoms with E-state index in [1.165, 1.54) is 18.2 Å². The third-order valence-electron chi connectivity index (χ3n) is 3.84. The third kappa shape index (κ3) is 2.82. The average Bonchev–Trinajstić information content (AvgIpc) is 2.41. The molecule has 0 bridgehead atoms. The van der Waals surface area contributed by atoms with Crippen molar-refractivity contribution in [2.75, 3.05) is 32.7 Å². The number of aromatic hydroxyl groups is 1. The topological polar surface area (TPSA) is 26.7 Å². The second-order valence-corrected chi connectivity index (χ2v) is 4.85. The van der Waals surface area contributed by atoms with Gasteiger partial charge in [0.15, 0.2) is 0 Å². The predicted molar refractivity (Wildman–Crippen MR) is 70.2 cm³/mol. The molecule has 0 aliphatic carbocycles. The van der Waals surface area contributed by atoms with Crippen LogP contribution in [-0.2, 0) is 0 Å². The Balaban J connectivity index is 2.07. The molecule has 1 heterocycles. The molecule has 1 aromatic carbocycles. The van der Waals surface area contributed by atoms with Gasteiger partial charge < -0.3 is 10.0 Å².